The summed E-state index contributed by atoms with van der Waals surface area (Å²) in [5.41, 5.74) is 6.95. The number of fused-ring (bicyclic) bond motifs is 1. The van der Waals surface area contributed by atoms with E-state index in [0.717, 1.165) is 38.6 Å². The highest BCUT2D eigenvalue weighted by atomic mass is 32.1. The molecule has 1 heterocycles. The van der Waals surface area contributed by atoms with Gasteiger partial charge < -0.3 is 9.47 Å². The lowest BCUT2D eigenvalue weighted by Gasteiger charge is -2.11. The normalized spacial score (nSPS) is 11.8. The Balaban J connectivity index is 1.51. The first-order chi connectivity index (χ1) is 17.7. The van der Waals surface area contributed by atoms with Crippen LogP contribution in [0.5, 0.6) is 11.5 Å². The molecule has 0 radical (unpaired) electrons. The lowest BCUT2D eigenvalue weighted by molar-refractivity contribution is 0.285. The van der Waals surface area contributed by atoms with Crippen molar-refractivity contribution in [3.8, 4) is 11.5 Å². The van der Waals surface area contributed by atoms with E-state index in [1.165, 1.54) is 24.8 Å². The van der Waals surface area contributed by atoms with Gasteiger partial charge in [0, 0.05) is 0 Å². The Labute approximate surface area is 216 Å². The largest absolute Gasteiger partial charge is 0.493 e. The van der Waals surface area contributed by atoms with Gasteiger partial charge in [-0.05, 0) is 61.4 Å². The van der Waals surface area contributed by atoms with E-state index in [0.29, 0.717) is 18.2 Å². The zero-order valence-corrected chi connectivity index (χ0v) is 21.8. The maximum absolute atomic E-state index is 5.92. The molecule has 0 atom stereocenters. The summed E-state index contributed by atoms with van der Waals surface area (Å²) >= 11 is 1.58. The van der Waals surface area contributed by atoms with Crippen molar-refractivity contribution in [1.29, 1.82) is 0 Å². The van der Waals surface area contributed by atoms with Crippen LogP contribution in [-0.2, 0) is 0 Å². The number of unbranched alkanes of at least 4 members (excludes halogenated alkanes) is 3. The van der Waals surface area contributed by atoms with E-state index in [2.05, 4.69) is 30.4 Å². The summed E-state index contributed by atoms with van der Waals surface area (Å²) in [4.78, 5) is 9.55. The van der Waals surface area contributed by atoms with Crippen molar-refractivity contribution >= 4 is 39.3 Å². The molecule has 0 saturated carbocycles. The van der Waals surface area contributed by atoms with Gasteiger partial charge in [-0.25, -0.2) is 9.98 Å². The minimum atomic E-state index is 0.593. The summed E-state index contributed by atoms with van der Waals surface area (Å²) in [6, 6.07) is 21.9. The minimum absolute atomic E-state index is 0.593. The van der Waals surface area contributed by atoms with Crippen LogP contribution in [0, 0.1) is 6.92 Å². The second-order valence-electron chi connectivity index (χ2n) is 8.47. The molecule has 0 aliphatic heterocycles. The fourth-order valence-electron chi connectivity index (χ4n) is 3.61. The van der Waals surface area contributed by atoms with Gasteiger partial charge in [0.2, 0.25) is 0 Å². The molecule has 6 nitrogen and oxygen atoms in total. The fraction of sp³-hybridized carbons (Fsp3) is 0.276. The van der Waals surface area contributed by atoms with Crippen molar-refractivity contribution in [3.05, 3.63) is 82.9 Å². The minimum Gasteiger partial charge on any atom is -0.493 e. The van der Waals surface area contributed by atoms with Crippen LogP contribution >= 0.6 is 11.3 Å². The average Bonchev–Trinajstić information content (AvgIpc) is 3.34. The predicted octanol–water partition coefficient (Wildman–Crippen LogP) is 7.27. The second-order valence-corrected chi connectivity index (χ2v) is 9.50. The van der Waals surface area contributed by atoms with Gasteiger partial charge in [-0.15, -0.1) is 11.3 Å². The van der Waals surface area contributed by atoms with Gasteiger partial charge in [0.05, 0.1) is 35.8 Å². The average molecular weight is 501 g/mol. The van der Waals surface area contributed by atoms with Gasteiger partial charge in [-0.3, -0.25) is 5.43 Å². The molecular formula is C29H32N4O2S. The van der Waals surface area contributed by atoms with E-state index < -0.39 is 0 Å². The summed E-state index contributed by atoms with van der Waals surface area (Å²) in [7, 11) is 1.65. The fourth-order valence-corrected chi connectivity index (χ4v) is 4.51. The van der Waals surface area contributed by atoms with Crippen molar-refractivity contribution in [3.63, 3.8) is 0 Å². The number of rotatable bonds is 11. The van der Waals surface area contributed by atoms with Crippen molar-refractivity contribution in [1.82, 2.24) is 10.4 Å². The van der Waals surface area contributed by atoms with Crippen LogP contribution < -0.4 is 14.9 Å². The Bertz CT molecular complexity index is 1300. The van der Waals surface area contributed by atoms with Crippen LogP contribution in [-0.4, -0.2) is 30.8 Å². The van der Waals surface area contributed by atoms with Crippen LogP contribution in [0.2, 0.25) is 0 Å². The number of amidine groups is 1. The van der Waals surface area contributed by atoms with E-state index in [9.17, 15) is 0 Å². The maximum atomic E-state index is 5.92. The highest BCUT2D eigenvalue weighted by Crippen LogP contribution is 2.28. The number of aliphatic imine (C=N–C) groups is 1. The van der Waals surface area contributed by atoms with E-state index in [1.807, 2.05) is 60.7 Å². The molecule has 36 heavy (non-hydrogen) atoms. The third-order valence-electron chi connectivity index (χ3n) is 5.60. The number of methoxy groups -OCH3 is 1. The summed E-state index contributed by atoms with van der Waals surface area (Å²) in [5, 5.41) is 5.24. The molecule has 1 aromatic heterocycles. The number of nitrogens with zero attached hydrogens (tertiary/aromatic N) is 3. The lowest BCUT2D eigenvalue weighted by Crippen LogP contribution is -2.18. The molecule has 0 saturated heterocycles. The highest BCUT2D eigenvalue weighted by molar-refractivity contribution is 7.20. The molecule has 0 aliphatic rings. The Morgan fingerprint density at radius 3 is 2.61 bits per heavy atom. The summed E-state index contributed by atoms with van der Waals surface area (Å²) in [6.07, 6.45) is 6.40. The summed E-state index contributed by atoms with van der Waals surface area (Å²) in [5.74, 6) is 2.03. The quantitative estimate of drug-likeness (QED) is 0.102. The smallest absolute Gasteiger partial charge is 0.183 e. The zero-order valence-electron chi connectivity index (χ0n) is 21.0. The standard InChI is InChI=1S/C29H32N4O2S/c1-4-5-6-9-18-35-25-17-14-22(19-26(25)34-3)20-30-33-28(31-23-15-12-21(2)13-16-23)29-32-24-10-7-8-11-27(24)36-29/h7-8,10-17,19-20H,4-6,9,18H2,1-3H3,(H,31,33). The Morgan fingerprint density at radius 2 is 1.83 bits per heavy atom. The topological polar surface area (TPSA) is 68.1 Å². The number of hydrazone groups is 1. The molecule has 3 aromatic carbocycles. The molecule has 1 N–H and O–H groups in total. The Morgan fingerprint density at radius 1 is 1.00 bits per heavy atom. The Kier molecular flexibility index (Phi) is 9.05. The third-order valence-corrected chi connectivity index (χ3v) is 6.64. The number of hydrogen-bond donors (Lipinski definition) is 1. The molecule has 0 bridgehead atoms. The van der Waals surface area contributed by atoms with Crippen LogP contribution in [0.1, 0.15) is 48.7 Å². The molecule has 186 valence electrons. The molecule has 0 fully saturated rings. The second kappa shape index (κ2) is 12.8. The number of ether oxygens (including phenoxy) is 2. The van der Waals surface area contributed by atoms with E-state index in [-0.39, 0.29) is 0 Å². The first-order valence-corrected chi connectivity index (χ1v) is 13.1. The van der Waals surface area contributed by atoms with Crippen LogP contribution in [0.15, 0.2) is 76.8 Å². The molecule has 0 unspecified atom stereocenters. The molecule has 4 aromatic rings. The van der Waals surface area contributed by atoms with Crippen molar-refractivity contribution in [2.45, 2.75) is 39.5 Å². The number of benzene rings is 3. The monoisotopic (exact) mass is 500 g/mol. The van der Waals surface area contributed by atoms with Gasteiger partial charge in [-0.2, -0.15) is 5.10 Å². The van der Waals surface area contributed by atoms with Gasteiger partial charge in [0.15, 0.2) is 22.3 Å². The molecule has 7 heteroatoms. The van der Waals surface area contributed by atoms with Gasteiger partial charge in [0.1, 0.15) is 0 Å². The Hall–Kier alpha value is -3.71. The van der Waals surface area contributed by atoms with Crippen molar-refractivity contribution in [2.75, 3.05) is 13.7 Å². The number of thiazole rings is 1. The highest BCUT2D eigenvalue weighted by Gasteiger charge is 2.11. The van der Waals surface area contributed by atoms with E-state index >= 15 is 0 Å². The van der Waals surface area contributed by atoms with Gasteiger partial charge >= 0.3 is 0 Å². The SMILES string of the molecule is CCCCCCOc1ccc(C=NNC(=Nc2ccc(C)cc2)c2nc3ccccc3s2)cc1OC. The maximum Gasteiger partial charge on any atom is 0.183 e. The molecular weight excluding hydrogens is 468 g/mol. The first kappa shape index (κ1) is 25.4. The lowest BCUT2D eigenvalue weighted by atomic mass is 10.2. The summed E-state index contributed by atoms with van der Waals surface area (Å²) in [6.45, 7) is 4.95. The van der Waals surface area contributed by atoms with Crippen LogP contribution in [0.3, 0.4) is 0 Å². The molecule has 4 rings (SSSR count). The number of hydrogen-bond acceptors (Lipinski definition) is 6. The molecule has 0 aliphatic carbocycles. The zero-order chi connectivity index (χ0) is 25.2. The number of para-hydroxylation sites is 1. The predicted molar refractivity (Wildman–Crippen MR) is 150 cm³/mol. The molecule has 0 amide bonds. The third kappa shape index (κ3) is 6.92. The van der Waals surface area contributed by atoms with E-state index in [4.69, 9.17) is 19.5 Å². The van der Waals surface area contributed by atoms with Gasteiger partial charge in [-0.1, -0.05) is 56.0 Å². The van der Waals surface area contributed by atoms with E-state index in [1.54, 1.807) is 24.7 Å². The number of aryl methyl sites for hydroxylation is 1. The first-order valence-electron chi connectivity index (χ1n) is 12.3. The van der Waals surface area contributed by atoms with Crippen molar-refractivity contribution < 1.29 is 9.47 Å². The number of aromatic nitrogens is 1. The summed E-state index contributed by atoms with van der Waals surface area (Å²) < 4.78 is 12.6. The van der Waals surface area contributed by atoms with Crippen molar-refractivity contribution in [2.24, 2.45) is 10.1 Å². The van der Waals surface area contributed by atoms with Crippen LogP contribution in [0.25, 0.3) is 10.2 Å². The number of nitrogens with one attached hydrogen (secondary N) is 1. The van der Waals surface area contributed by atoms with Crippen LogP contribution in [0.4, 0.5) is 5.69 Å². The molecule has 0 spiro atoms. The van der Waals surface area contributed by atoms with Gasteiger partial charge in [0.25, 0.3) is 0 Å².